The van der Waals surface area contributed by atoms with Crippen molar-refractivity contribution in [1.82, 2.24) is 4.98 Å². The molecule has 0 bridgehead atoms. The Morgan fingerprint density at radius 1 is 1.30 bits per heavy atom. The largest absolute Gasteiger partial charge is 0.397 e. The summed E-state index contributed by atoms with van der Waals surface area (Å²) in [6.45, 7) is 0.0126. The smallest absolute Gasteiger partial charge is 0.250 e. The quantitative estimate of drug-likeness (QED) is 0.792. The number of benzene rings is 1. The number of pyridine rings is 1. The summed E-state index contributed by atoms with van der Waals surface area (Å²) in [6, 6.07) is 4.51. The van der Waals surface area contributed by atoms with E-state index in [1.165, 1.54) is 12.3 Å². The summed E-state index contributed by atoms with van der Waals surface area (Å²) in [6.07, 6.45) is 1.27. The number of nitrogens with two attached hydrogens (primary N) is 2. The standard InChI is InChI=1S/C13H12F2N4O/c14-8-1-2-10(15)7(3-8)5-18-12-4-9(13(17)20)11(16)6-19-12/h1-4,6H,5,16H2,(H2,17,20)(H,18,19). The molecule has 5 nitrogen and oxygen atoms in total. The number of anilines is 2. The van der Waals surface area contributed by atoms with Crippen LogP contribution in [0.5, 0.6) is 0 Å². The first-order chi connectivity index (χ1) is 9.47. The van der Waals surface area contributed by atoms with Crippen LogP contribution >= 0.6 is 0 Å². The number of primary amides is 1. The van der Waals surface area contributed by atoms with E-state index in [1.807, 2.05) is 0 Å². The molecule has 7 heteroatoms. The molecule has 1 amide bonds. The number of carbonyl (C=O) groups is 1. The lowest BCUT2D eigenvalue weighted by Gasteiger charge is -2.09. The molecular weight excluding hydrogens is 266 g/mol. The first-order valence-corrected chi connectivity index (χ1v) is 5.70. The molecule has 0 aliphatic carbocycles. The van der Waals surface area contributed by atoms with Crippen LogP contribution in [-0.2, 0) is 6.54 Å². The fourth-order valence-electron chi connectivity index (χ4n) is 1.64. The average molecular weight is 278 g/mol. The van der Waals surface area contributed by atoms with Crippen molar-refractivity contribution in [2.24, 2.45) is 5.73 Å². The highest BCUT2D eigenvalue weighted by Crippen LogP contribution is 2.16. The summed E-state index contributed by atoms with van der Waals surface area (Å²) in [5.74, 6) is -1.47. The molecule has 0 unspecified atom stereocenters. The van der Waals surface area contributed by atoms with E-state index in [4.69, 9.17) is 11.5 Å². The lowest BCUT2D eigenvalue weighted by atomic mass is 10.2. The Morgan fingerprint density at radius 2 is 2.05 bits per heavy atom. The zero-order valence-electron chi connectivity index (χ0n) is 10.4. The molecule has 0 atom stereocenters. The summed E-state index contributed by atoms with van der Waals surface area (Å²) < 4.78 is 26.4. The number of nitrogen functional groups attached to an aromatic ring is 1. The van der Waals surface area contributed by atoms with Crippen LogP contribution in [0, 0.1) is 11.6 Å². The van der Waals surface area contributed by atoms with Crippen LogP contribution < -0.4 is 16.8 Å². The van der Waals surface area contributed by atoms with Gasteiger partial charge in [-0.3, -0.25) is 4.79 Å². The van der Waals surface area contributed by atoms with E-state index in [1.54, 1.807) is 0 Å². The first kappa shape index (κ1) is 13.7. The van der Waals surface area contributed by atoms with Crippen molar-refractivity contribution in [1.29, 1.82) is 0 Å². The minimum atomic E-state index is -0.690. The highest BCUT2D eigenvalue weighted by Gasteiger charge is 2.09. The normalized spacial score (nSPS) is 10.3. The van der Waals surface area contributed by atoms with Crippen LogP contribution in [-0.4, -0.2) is 10.9 Å². The summed E-state index contributed by atoms with van der Waals surface area (Å²) in [5.41, 5.74) is 11.1. The van der Waals surface area contributed by atoms with Crippen LogP contribution in [0.25, 0.3) is 0 Å². The van der Waals surface area contributed by atoms with E-state index in [9.17, 15) is 13.6 Å². The van der Waals surface area contributed by atoms with Gasteiger partial charge in [0.1, 0.15) is 17.5 Å². The van der Waals surface area contributed by atoms with Crippen molar-refractivity contribution < 1.29 is 13.6 Å². The Morgan fingerprint density at radius 3 is 2.75 bits per heavy atom. The van der Waals surface area contributed by atoms with E-state index in [0.29, 0.717) is 0 Å². The predicted octanol–water partition coefficient (Wildman–Crippen LogP) is 1.65. The van der Waals surface area contributed by atoms with Crippen LogP contribution in [0.4, 0.5) is 20.3 Å². The third-order valence-electron chi connectivity index (χ3n) is 2.67. The Labute approximate surface area is 113 Å². The van der Waals surface area contributed by atoms with Gasteiger partial charge in [-0.05, 0) is 24.3 Å². The monoisotopic (exact) mass is 278 g/mol. The molecule has 2 aromatic rings. The molecule has 0 radical (unpaired) electrons. The van der Waals surface area contributed by atoms with Crippen molar-refractivity contribution in [2.75, 3.05) is 11.1 Å². The topological polar surface area (TPSA) is 94.0 Å². The second-order valence-corrected chi connectivity index (χ2v) is 4.11. The molecular formula is C13H12F2N4O. The van der Waals surface area contributed by atoms with Gasteiger partial charge in [0.05, 0.1) is 17.4 Å². The first-order valence-electron chi connectivity index (χ1n) is 5.70. The Kier molecular flexibility index (Phi) is 3.79. The van der Waals surface area contributed by atoms with Gasteiger partial charge in [0.2, 0.25) is 0 Å². The van der Waals surface area contributed by atoms with Gasteiger partial charge in [-0.2, -0.15) is 0 Å². The van der Waals surface area contributed by atoms with Crippen molar-refractivity contribution in [3.8, 4) is 0 Å². The molecule has 104 valence electrons. The molecule has 5 N–H and O–H groups in total. The van der Waals surface area contributed by atoms with Crippen molar-refractivity contribution in [2.45, 2.75) is 6.54 Å². The number of hydrogen-bond donors (Lipinski definition) is 3. The molecule has 1 aromatic heterocycles. The number of halogens is 2. The summed E-state index contributed by atoms with van der Waals surface area (Å²) in [5, 5.41) is 2.77. The van der Waals surface area contributed by atoms with Crippen molar-refractivity contribution in [3.05, 3.63) is 53.2 Å². The third-order valence-corrected chi connectivity index (χ3v) is 2.67. The van der Waals surface area contributed by atoms with Crippen molar-refractivity contribution >= 4 is 17.4 Å². The van der Waals surface area contributed by atoms with Gasteiger partial charge in [0, 0.05) is 12.1 Å². The minimum absolute atomic E-state index is 0.0126. The van der Waals surface area contributed by atoms with E-state index in [-0.39, 0.29) is 29.2 Å². The molecule has 2 rings (SSSR count). The second kappa shape index (κ2) is 5.52. The maximum Gasteiger partial charge on any atom is 0.250 e. The predicted molar refractivity (Wildman–Crippen MR) is 70.9 cm³/mol. The molecule has 1 aromatic carbocycles. The highest BCUT2D eigenvalue weighted by molar-refractivity contribution is 5.98. The maximum absolute atomic E-state index is 13.4. The number of rotatable bonds is 4. The van der Waals surface area contributed by atoms with Gasteiger partial charge in [-0.15, -0.1) is 0 Å². The Hall–Kier alpha value is -2.70. The highest BCUT2D eigenvalue weighted by atomic mass is 19.1. The number of carbonyl (C=O) groups excluding carboxylic acids is 1. The van der Waals surface area contributed by atoms with Gasteiger partial charge in [0.15, 0.2) is 0 Å². The number of amides is 1. The second-order valence-electron chi connectivity index (χ2n) is 4.11. The number of aromatic nitrogens is 1. The molecule has 0 aliphatic heterocycles. The molecule has 0 aliphatic rings. The molecule has 20 heavy (non-hydrogen) atoms. The summed E-state index contributed by atoms with van der Waals surface area (Å²) in [7, 11) is 0. The number of nitrogens with one attached hydrogen (secondary N) is 1. The lowest BCUT2D eigenvalue weighted by molar-refractivity contribution is 0.100. The zero-order valence-corrected chi connectivity index (χ0v) is 10.4. The molecule has 0 spiro atoms. The van der Waals surface area contributed by atoms with E-state index in [2.05, 4.69) is 10.3 Å². The molecule has 0 saturated carbocycles. The van der Waals surface area contributed by atoms with Crippen LogP contribution in [0.2, 0.25) is 0 Å². The van der Waals surface area contributed by atoms with Gasteiger partial charge in [0.25, 0.3) is 5.91 Å². The lowest BCUT2D eigenvalue weighted by Crippen LogP contribution is -2.15. The summed E-state index contributed by atoms with van der Waals surface area (Å²) in [4.78, 5) is 15.1. The van der Waals surface area contributed by atoms with Gasteiger partial charge < -0.3 is 16.8 Å². The number of nitrogens with zero attached hydrogens (tertiary/aromatic N) is 1. The van der Waals surface area contributed by atoms with Crippen molar-refractivity contribution in [3.63, 3.8) is 0 Å². The Bertz CT molecular complexity index is 661. The number of hydrogen-bond acceptors (Lipinski definition) is 4. The fourth-order valence-corrected chi connectivity index (χ4v) is 1.64. The Balaban J connectivity index is 2.17. The van der Waals surface area contributed by atoms with Gasteiger partial charge in [-0.25, -0.2) is 13.8 Å². The van der Waals surface area contributed by atoms with E-state index in [0.717, 1.165) is 18.2 Å². The third kappa shape index (κ3) is 3.00. The van der Waals surface area contributed by atoms with E-state index < -0.39 is 17.5 Å². The van der Waals surface area contributed by atoms with Crippen LogP contribution in [0.1, 0.15) is 15.9 Å². The zero-order chi connectivity index (χ0) is 14.7. The SMILES string of the molecule is NC(=O)c1cc(NCc2cc(F)ccc2F)ncc1N. The molecule has 1 heterocycles. The summed E-state index contributed by atoms with van der Waals surface area (Å²) >= 11 is 0. The van der Waals surface area contributed by atoms with Gasteiger partial charge >= 0.3 is 0 Å². The van der Waals surface area contributed by atoms with Crippen LogP contribution in [0.3, 0.4) is 0 Å². The van der Waals surface area contributed by atoms with Gasteiger partial charge in [-0.1, -0.05) is 0 Å². The van der Waals surface area contributed by atoms with Crippen LogP contribution in [0.15, 0.2) is 30.5 Å². The maximum atomic E-state index is 13.4. The fraction of sp³-hybridized carbons (Fsp3) is 0.0769. The molecule has 0 fully saturated rings. The molecule has 0 saturated heterocycles. The van der Waals surface area contributed by atoms with E-state index >= 15 is 0 Å². The average Bonchev–Trinajstić information content (AvgIpc) is 2.41. The minimum Gasteiger partial charge on any atom is -0.397 e.